The van der Waals surface area contributed by atoms with Crippen molar-refractivity contribution in [3.05, 3.63) is 52.5 Å². The van der Waals surface area contributed by atoms with Gasteiger partial charge in [0, 0.05) is 0 Å². The van der Waals surface area contributed by atoms with Gasteiger partial charge in [0.25, 0.3) is 11.8 Å². The number of carbonyl (C=O) groups excluding carboxylic acids is 2. The molecule has 0 saturated carbocycles. The molecule has 0 aliphatic carbocycles. The highest BCUT2D eigenvalue weighted by atomic mass is 32.1. The van der Waals surface area contributed by atoms with Gasteiger partial charge in [-0.2, -0.15) is 0 Å². The van der Waals surface area contributed by atoms with Crippen molar-refractivity contribution in [1.29, 1.82) is 0 Å². The maximum absolute atomic E-state index is 13.6. The number of carbonyl (C=O) groups is 2. The van der Waals surface area contributed by atoms with Gasteiger partial charge in [0.2, 0.25) is 0 Å². The van der Waals surface area contributed by atoms with Crippen molar-refractivity contribution in [1.82, 2.24) is 16.2 Å². The van der Waals surface area contributed by atoms with E-state index in [2.05, 4.69) is 21.5 Å². The number of halogens is 1. The molecule has 0 bridgehead atoms. The average Bonchev–Trinajstić information content (AvgIpc) is 3.14. The van der Waals surface area contributed by atoms with E-state index in [-0.39, 0.29) is 22.6 Å². The van der Waals surface area contributed by atoms with E-state index in [1.165, 1.54) is 23.5 Å². The van der Waals surface area contributed by atoms with Gasteiger partial charge in [-0.3, -0.25) is 20.4 Å². The Bertz CT molecular complexity index is 781. The lowest BCUT2D eigenvalue weighted by Crippen LogP contribution is -2.54. The van der Waals surface area contributed by atoms with E-state index in [0.717, 1.165) is 0 Å². The second kappa shape index (κ2) is 9.25. The van der Waals surface area contributed by atoms with Crippen LogP contribution in [0, 0.1) is 11.7 Å². The number of anilines is 1. The Morgan fingerprint density at radius 2 is 1.85 bits per heavy atom. The highest BCUT2D eigenvalue weighted by Crippen LogP contribution is 2.12. The van der Waals surface area contributed by atoms with Gasteiger partial charge in [-0.05, 0) is 41.7 Å². The highest BCUT2D eigenvalue weighted by Gasteiger charge is 2.25. The fourth-order valence-corrected chi connectivity index (χ4v) is 2.86. The molecule has 1 aromatic heterocycles. The van der Waals surface area contributed by atoms with Crippen LogP contribution < -0.4 is 21.5 Å². The van der Waals surface area contributed by atoms with Crippen molar-refractivity contribution in [3.63, 3.8) is 0 Å². The monoisotopic (exact) mass is 394 g/mol. The van der Waals surface area contributed by atoms with E-state index in [0.29, 0.717) is 4.88 Å². The minimum Gasteiger partial charge on any atom is -0.339 e. The van der Waals surface area contributed by atoms with Gasteiger partial charge in [0.05, 0.1) is 10.6 Å². The van der Waals surface area contributed by atoms with E-state index in [9.17, 15) is 14.0 Å². The Labute approximate surface area is 160 Å². The summed E-state index contributed by atoms with van der Waals surface area (Å²) in [5.74, 6) is -1.39. The molecule has 0 aliphatic rings. The first-order chi connectivity index (χ1) is 12.4. The third-order valence-electron chi connectivity index (χ3n) is 3.40. The quantitative estimate of drug-likeness (QED) is 0.463. The molecule has 0 unspecified atom stereocenters. The number of thiophene rings is 1. The third kappa shape index (κ3) is 5.50. The molecular weight excluding hydrogens is 375 g/mol. The average molecular weight is 394 g/mol. The van der Waals surface area contributed by atoms with Gasteiger partial charge in [0.1, 0.15) is 11.9 Å². The SMILES string of the molecule is CC(C)[C@@H](NC(=O)c1cccs1)C(=O)NNC(=S)Nc1ccccc1F. The molecule has 2 rings (SSSR count). The van der Waals surface area contributed by atoms with Crippen LogP contribution in [0.3, 0.4) is 0 Å². The van der Waals surface area contributed by atoms with Crippen LogP contribution in [-0.2, 0) is 4.79 Å². The minimum atomic E-state index is -0.756. The minimum absolute atomic E-state index is 0.0236. The number of nitrogens with one attached hydrogen (secondary N) is 4. The zero-order chi connectivity index (χ0) is 19.1. The molecule has 1 heterocycles. The lowest BCUT2D eigenvalue weighted by Gasteiger charge is -2.22. The Hall–Kier alpha value is -2.52. The zero-order valence-electron chi connectivity index (χ0n) is 14.2. The van der Waals surface area contributed by atoms with Crippen LogP contribution in [0.2, 0.25) is 0 Å². The summed E-state index contributed by atoms with van der Waals surface area (Å²) in [6.45, 7) is 3.63. The predicted octanol–water partition coefficient (Wildman–Crippen LogP) is 2.66. The van der Waals surface area contributed by atoms with Crippen molar-refractivity contribution < 1.29 is 14.0 Å². The predicted molar refractivity (Wildman–Crippen MR) is 104 cm³/mol. The van der Waals surface area contributed by atoms with Gasteiger partial charge in [-0.25, -0.2) is 4.39 Å². The van der Waals surface area contributed by atoms with E-state index < -0.39 is 17.8 Å². The van der Waals surface area contributed by atoms with Crippen molar-refractivity contribution >= 4 is 46.2 Å². The molecule has 0 fully saturated rings. The van der Waals surface area contributed by atoms with E-state index in [1.54, 1.807) is 29.6 Å². The summed E-state index contributed by atoms with van der Waals surface area (Å²) in [5, 5.41) is 7.15. The molecule has 2 amide bonds. The fraction of sp³-hybridized carbons (Fsp3) is 0.235. The summed E-state index contributed by atoms with van der Waals surface area (Å²) < 4.78 is 13.6. The standard InChI is InChI=1S/C17H19FN4O2S2/c1-10(2)14(20-15(23)13-8-5-9-26-13)16(24)21-22-17(25)19-12-7-4-3-6-11(12)18/h3-10,14H,1-2H3,(H,20,23)(H,21,24)(H2,19,22,25)/t14-/m1/s1. The Morgan fingerprint density at radius 1 is 1.12 bits per heavy atom. The topological polar surface area (TPSA) is 82.3 Å². The molecule has 1 atom stereocenters. The highest BCUT2D eigenvalue weighted by molar-refractivity contribution is 7.80. The lowest BCUT2D eigenvalue weighted by molar-refractivity contribution is -0.124. The number of amides is 2. The van der Waals surface area contributed by atoms with E-state index >= 15 is 0 Å². The van der Waals surface area contributed by atoms with Crippen molar-refractivity contribution in [2.24, 2.45) is 5.92 Å². The second-order valence-electron chi connectivity index (χ2n) is 5.72. The second-order valence-corrected chi connectivity index (χ2v) is 7.08. The van der Waals surface area contributed by atoms with E-state index in [4.69, 9.17) is 12.2 Å². The molecule has 0 saturated heterocycles. The first-order valence-electron chi connectivity index (χ1n) is 7.84. The third-order valence-corrected chi connectivity index (χ3v) is 4.47. The molecule has 4 N–H and O–H groups in total. The van der Waals surface area contributed by atoms with Gasteiger partial charge >= 0.3 is 0 Å². The normalized spacial score (nSPS) is 11.5. The van der Waals surface area contributed by atoms with Crippen LogP contribution in [0.5, 0.6) is 0 Å². The molecule has 1 aromatic carbocycles. The summed E-state index contributed by atoms with van der Waals surface area (Å²) in [4.78, 5) is 25.0. The molecule has 26 heavy (non-hydrogen) atoms. The molecule has 0 radical (unpaired) electrons. The lowest BCUT2D eigenvalue weighted by atomic mass is 10.0. The number of para-hydroxylation sites is 1. The molecule has 6 nitrogen and oxygen atoms in total. The largest absolute Gasteiger partial charge is 0.339 e. The van der Waals surface area contributed by atoms with E-state index in [1.807, 2.05) is 13.8 Å². The molecule has 0 spiro atoms. The Morgan fingerprint density at radius 3 is 2.46 bits per heavy atom. The fourth-order valence-electron chi connectivity index (χ4n) is 2.07. The van der Waals surface area contributed by atoms with Gasteiger partial charge < -0.3 is 10.6 Å². The molecule has 0 aliphatic heterocycles. The van der Waals surface area contributed by atoms with Crippen LogP contribution in [0.4, 0.5) is 10.1 Å². The van der Waals surface area contributed by atoms with Crippen molar-refractivity contribution in [3.8, 4) is 0 Å². The molecule has 9 heteroatoms. The van der Waals surface area contributed by atoms with Gasteiger partial charge in [-0.1, -0.05) is 32.0 Å². The Balaban J connectivity index is 1.90. The number of hydrogen-bond donors (Lipinski definition) is 4. The summed E-state index contributed by atoms with van der Waals surface area (Å²) in [6, 6.07) is 8.71. The van der Waals surface area contributed by atoms with Crippen molar-refractivity contribution in [2.45, 2.75) is 19.9 Å². The molecule has 2 aromatic rings. The summed E-state index contributed by atoms with van der Waals surface area (Å²) in [7, 11) is 0. The van der Waals surface area contributed by atoms with Crippen LogP contribution in [0.1, 0.15) is 23.5 Å². The first-order valence-corrected chi connectivity index (χ1v) is 9.13. The maximum atomic E-state index is 13.6. The number of hydrogen-bond acceptors (Lipinski definition) is 4. The van der Waals surface area contributed by atoms with Crippen LogP contribution >= 0.6 is 23.6 Å². The van der Waals surface area contributed by atoms with Gasteiger partial charge in [0.15, 0.2) is 5.11 Å². The molecule has 138 valence electrons. The zero-order valence-corrected chi connectivity index (χ0v) is 15.8. The van der Waals surface area contributed by atoms with Crippen LogP contribution in [0.25, 0.3) is 0 Å². The summed E-state index contributed by atoms with van der Waals surface area (Å²) >= 11 is 6.32. The Kier molecular flexibility index (Phi) is 7.05. The van der Waals surface area contributed by atoms with Crippen LogP contribution in [0.15, 0.2) is 41.8 Å². The number of hydrazine groups is 1. The number of benzene rings is 1. The maximum Gasteiger partial charge on any atom is 0.262 e. The summed E-state index contributed by atoms with van der Waals surface area (Å²) in [6.07, 6.45) is 0. The van der Waals surface area contributed by atoms with Crippen LogP contribution in [-0.4, -0.2) is 23.0 Å². The summed E-state index contributed by atoms with van der Waals surface area (Å²) in [5.41, 5.74) is 5.12. The smallest absolute Gasteiger partial charge is 0.262 e. The number of rotatable bonds is 5. The molecular formula is C17H19FN4O2S2. The first kappa shape index (κ1) is 19.8. The van der Waals surface area contributed by atoms with Gasteiger partial charge in [-0.15, -0.1) is 11.3 Å². The number of thiocarbonyl (C=S) groups is 1. The van der Waals surface area contributed by atoms with Crippen molar-refractivity contribution in [2.75, 3.05) is 5.32 Å².